The third-order valence-electron chi connectivity index (χ3n) is 4.56. The number of hydrogen-bond donors (Lipinski definition) is 1. The first-order valence-corrected chi connectivity index (χ1v) is 10.2. The number of carboxylic acids is 1. The highest BCUT2D eigenvalue weighted by atomic mass is 32.2. The molecule has 0 saturated heterocycles. The largest absolute Gasteiger partial charge is 0.489 e. The molecule has 1 N–H and O–H groups in total. The van der Waals surface area contributed by atoms with Gasteiger partial charge in [0.1, 0.15) is 34.4 Å². The molecular weight excluding hydrogens is 391 g/mol. The quantitative estimate of drug-likeness (QED) is 0.485. The molecule has 152 valence electrons. The number of halogens is 1. The molecule has 0 unspecified atom stereocenters. The second-order valence-electron chi connectivity index (χ2n) is 7.24. The van der Waals surface area contributed by atoms with Crippen LogP contribution in [0.5, 0.6) is 5.75 Å². The van der Waals surface area contributed by atoms with E-state index >= 15 is 0 Å². The van der Waals surface area contributed by atoms with Crippen LogP contribution in [0.1, 0.15) is 30.7 Å². The highest BCUT2D eigenvalue weighted by molar-refractivity contribution is 8.00. The average molecular weight is 414 g/mol. The normalized spacial score (nSPS) is 11.4. The van der Waals surface area contributed by atoms with Crippen molar-refractivity contribution in [3.8, 4) is 17.1 Å². The maximum absolute atomic E-state index is 13.1. The van der Waals surface area contributed by atoms with Gasteiger partial charge in [-0.1, -0.05) is 12.1 Å². The first-order chi connectivity index (χ1) is 13.7. The summed E-state index contributed by atoms with van der Waals surface area (Å²) in [4.78, 5) is 11.2. The molecule has 3 aromatic rings. The molecule has 0 aliphatic heterocycles. The predicted molar refractivity (Wildman–Crippen MR) is 113 cm³/mol. The van der Waals surface area contributed by atoms with Crippen molar-refractivity contribution in [3.05, 3.63) is 77.3 Å². The summed E-state index contributed by atoms with van der Waals surface area (Å²) >= 11 is 1.37. The number of carbonyl (C=O) groups is 1. The smallest absolute Gasteiger partial charge is 0.319 e. The van der Waals surface area contributed by atoms with E-state index in [0.29, 0.717) is 23.9 Å². The van der Waals surface area contributed by atoms with Gasteiger partial charge in [-0.3, -0.25) is 4.79 Å². The summed E-state index contributed by atoms with van der Waals surface area (Å²) < 4.78 is 24.0. The van der Waals surface area contributed by atoms with Gasteiger partial charge in [-0.25, -0.2) is 4.39 Å². The Kier molecular flexibility index (Phi) is 6.33. The molecule has 3 rings (SSSR count). The minimum absolute atomic E-state index is 0.287. The summed E-state index contributed by atoms with van der Waals surface area (Å²) in [6.07, 6.45) is 0. The van der Waals surface area contributed by atoms with E-state index in [0.717, 1.165) is 22.5 Å². The Bertz CT molecular complexity index is 992. The summed E-state index contributed by atoms with van der Waals surface area (Å²) in [6, 6.07) is 15.7. The molecule has 6 heteroatoms. The molecule has 2 aromatic carbocycles. The average Bonchev–Trinajstić information content (AvgIpc) is 3.06. The Hall–Kier alpha value is -2.73. The van der Waals surface area contributed by atoms with Gasteiger partial charge in [0.25, 0.3) is 0 Å². The number of hydrogen-bond acceptors (Lipinski definition) is 4. The van der Waals surface area contributed by atoms with Crippen LogP contribution >= 0.6 is 11.8 Å². The van der Waals surface area contributed by atoms with Crippen LogP contribution in [0.4, 0.5) is 4.39 Å². The summed E-state index contributed by atoms with van der Waals surface area (Å²) in [6.45, 7) is 5.60. The Morgan fingerprint density at radius 1 is 1.17 bits per heavy atom. The van der Waals surface area contributed by atoms with E-state index in [2.05, 4.69) is 0 Å². The first-order valence-electron chi connectivity index (χ1n) is 9.19. The number of thioether (sulfide) groups is 1. The van der Waals surface area contributed by atoms with Gasteiger partial charge < -0.3 is 14.3 Å². The van der Waals surface area contributed by atoms with Crippen molar-refractivity contribution in [1.82, 2.24) is 0 Å². The van der Waals surface area contributed by atoms with Gasteiger partial charge in [-0.15, -0.1) is 11.8 Å². The minimum Gasteiger partial charge on any atom is -0.489 e. The van der Waals surface area contributed by atoms with E-state index in [9.17, 15) is 14.3 Å². The number of rotatable bonds is 8. The zero-order valence-electron chi connectivity index (χ0n) is 16.6. The van der Waals surface area contributed by atoms with Crippen molar-refractivity contribution < 1.29 is 23.4 Å². The zero-order valence-corrected chi connectivity index (χ0v) is 17.4. The Labute approximate surface area is 173 Å². The highest BCUT2D eigenvalue weighted by Crippen LogP contribution is 2.30. The van der Waals surface area contributed by atoms with E-state index in [1.807, 2.05) is 37.3 Å². The lowest BCUT2D eigenvalue weighted by atomic mass is 10.1. The molecule has 0 bridgehead atoms. The van der Waals surface area contributed by atoms with Crippen LogP contribution in [0.3, 0.4) is 0 Å². The fourth-order valence-electron chi connectivity index (χ4n) is 2.63. The molecule has 0 aliphatic rings. The number of furan rings is 1. The molecule has 0 atom stereocenters. The monoisotopic (exact) mass is 414 g/mol. The summed E-state index contributed by atoms with van der Waals surface area (Å²) in [7, 11) is 0. The standard InChI is InChI=1S/C23H23FO4S/c1-15-18(12-21(28-15)17-7-9-19(24)10-8-17)13-27-20-6-4-5-16(11-20)14-29-23(2,3)22(25)26/h4-12H,13-14H2,1-3H3,(H,25,26). The minimum atomic E-state index is -0.846. The SMILES string of the molecule is Cc1oc(-c2ccc(F)cc2)cc1COc1cccc(CSC(C)(C)C(=O)O)c1. The Morgan fingerprint density at radius 3 is 2.59 bits per heavy atom. The predicted octanol–water partition coefficient (Wildman–Crippen LogP) is 6.07. The zero-order chi connectivity index (χ0) is 21.0. The van der Waals surface area contributed by atoms with Crippen LogP contribution in [0.2, 0.25) is 0 Å². The van der Waals surface area contributed by atoms with Crippen LogP contribution in [0.25, 0.3) is 11.3 Å². The van der Waals surface area contributed by atoms with Crippen molar-refractivity contribution in [3.63, 3.8) is 0 Å². The van der Waals surface area contributed by atoms with E-state index in [1.54, 1.807) is 26.0 Å². The molecule has 0 amide bonds. The second-order valence-corrected chi connectivity index (χ2v) is 8.84. The number of ether oxygens (including phenoxy) is 1. The summed E-state index contributed by atoms with van der Waals surface area (Å²) in [5, 5.41) is 9.24. The molecule has 1 aromatic heterocycles. The fraction of sp³-hybridized carbons (Fsp3) is 0.261. The molecule has 1 heterocycles. The van der Waals surface area contributed by atoms with Gasteiger partial charge in [-0.05, 0) is 68.8 Å². The van der Waals surface area contributed by atoms with Crippen LogP contribution in [-0.2, 0) is 17.2 Å². The lowest BCUT2D eigenvalue weighted by Gasteiger charge is -2.18. The molecule has 0 aliphatic carbocycles. The third kappa shape index (κ3) is 5.41. The molecule has 0 radical (unpaired) electrons. The summed E-state index contributed by atoms with van der Waals surface area (Å²) in [5.74, 6) is 1.59. The van der Waals surface area contributed by atoms with E-state index < -0.39 is 10.7 Å². The van der Waals surface area contributed by atoms with Crippen molar-refractivity contribution in [2.24, 2.45) is 0 Å². The number of aliphatic carboxylic acids is 1. The number of carboxylic acid groups (broad SMARTS) is 1. The number of benzene rings is 2. The van der Waals surface area contributed by atoms with Gasteiger partial charge in [0.2, 0.25) is 0 Å². The number of aryl methyl sites for hydroxylation is 1. The molecule has 0 saturated carbocycles. The topological polar surface area (TPSA) is 59.7 Å². The molecule has 29 heavy (non-hydrogen) atoms. The van der Waals surface area contributed by atoms with Gasteiger partial charge in [-0.2, -0.15) is 0 Å². The van der Waals surface area contributed by atoms with Crippen molar-refractivity contribution in [1.29, 1.82) is 0 Å². The van der Waals surface area contributed by atoms with Gasteiger partial charge in [0.05, 0.1) is 0 Å². The van der Waals surface area contributed by atoms with Crippen molar-refractivity contribution >= 4 is 17.7 Å². The van der Waals surface area contributed by atoms with E-state index in [1.165, 1.54) is 23.9 Å². The Morgan fingerprint density at radius 2 is 1.90 bits per heavy atom. The van der Waals surface area contributed by atoms with Crippen molar-refractivity contribution in [2.45, 2.75) is 37.9 Å². The van der Waals surface area contributed by atoms with E-state index in [-0.39, 0.29) is 5.82 Å². The lowest BCUT2D eigenvalue weighted by molar-refractivity contribution is -0.138. The van der Waals surface area contributed by atoms with Crippen LogP contribution in [0.15, 0.2) is 59.0 Å². The van der Waals surface area contributed by atoms with E-state index in [4.69, 9.17) is 9.15 Å². The maximum Gasteiger partial charge on any atom is 0.319 e. The Balaban J connectivity index is 1.64. The molecule has 0 spiro atoms. The van der Waals surface area contributed by atoms with Crippen LogP contribution < -0.4 is 4.74 Å². The van der Waals surface area contributed by atoms with Crippen LogP contribution in [0, 0.1) is 12.7 Å². The molecule has 0 fully saturated rings. The fourth-order valence-corrected chi connectivity index (χ4v) is 3.46. The molecule has 4 nitrogen and oxygen atoms in total. The second kappa shape index (κ2) is 8.74. The summed E-state index contributed by atoms with van der Waals surface area (Å²) in [5.41, 5.74) is 2.72. The molecular formula is C23H23FO4S. The van der Waals surface area contributed by atoms with Crippen molar-refractivity contribution in [2.75, 3.05) is 0 Å². The first kappa shape index (κ1) is 21.0. The van der Waals surface area contributed by atoms with Crippen LogP contribution in [-0.4, -0.2) is 15.8 Å². The highest BCUT2D eigenvalue weighted by Gasteiger charge is 2.27. The lowest BCUT2D eigenvalue weighted by Crippen LogP contribution is -2.27. The maximum atomic E-state index is 13.1. The van der Waals surface area contributed by atoms with Gasteiger partial charge >= 0.3 is 5.97 Å². The third-order valence-corrected chi connectivity index (χ3v) is 5.93. The van der Waals surface area contributed by atoms with Gasteiger partial charge in [0, 0.05) is 16.9 Å². The van der Waals surface area contributed by atoms with Gasteiger partial charge in [0.15, 0.2) is 0 Å².